The summed E-state index contributed by atoms with van der Waals surface area (Å²) in [4.78, 5) is 37.0. The molecule has 3 N–H and O–H groups in total. The fraction of sp³-hybridized carbons (Fsp3) is 0.357. The summed E-state index contributed by atoms with van der Waals surface area (Å²) in [6, 6.07) is 0. The minimum Gasteiger partial charge on any atom is -0.480 e. The largest absolute Gasteiger partial charge is 0.480 e. The Hall–Kier alpha value is -3.63. The summed E-state index contributed by atoms with van der Waals surface area (Å²) >= 11 is 1.36. The molecule has 2 aliphatic rings. The first-order valence-electron chi connectivity index (χ1n) is 12.3. The van der Waals surface area contributed by atoms with Crippen molar-refractivity contribution in [2.75, 3.05) is 19.5 Å². The number of thioether (sulfide) groups is 1. The van der Waals surface area contributed by atoms with E-state index in [9.17, 15) is 14.7 Å². The van der Waals surface area contributed by atoms with Gasteiger partial charge in [-0.1, -0.05) is 48.6 Å². The highest BCUT2D eigenvalue weighted by molar-refractivity contribution is 8.02. The van der Waals surface area contributed by atoms with Crippen molar-refractivity contribution in [2.24, 2.45) is 0 Å². The summed E-state index contributed by atoms with van der Waals surface area (Å²) in [5.41, 5.74) is 1.94. The molecule has 10 heteroatoms. The molecule has 0 saturated carbocycles. The van der Waals surface area contributed by atoms with Crippen molar-refractivity contribution >= 4 is 47.3 Å². The summed E-state index contributed by atoms with van der Waals surface area (Å²) in [5, 5.41) is 13.9. The molecule has 2 aliphatic carbocycles. The van der Waals surface area contributed by atoms with Gasteiger partial charge in [-0.05, 0) is 40.2 Å². The summed E-state index contributed by atoms with van der Waals surface area (Å²) in [7, 11) is 3.25. The number of nitrogens with one attached hydrogen (secondary N) is 2. The average Bonchev–Trinajstić information content (AvgIpc) is 3.19. The highest BCUT2D eigenvalue weighted by Gasteiger charge is 2.30. The quantitative estimate of drug-likeness (QED) is 0.495. The van der Waals surface area contributed by atoms with E-state index >= 15 is 0 Å². The second kappa shape index (κ2) is 12.7. The van der Waals surface area contributed by atoms with E-state index in [0.717, 1.165) is 28.4 Å². The number of imidazole rings is 2. The number of hydrogen-bond acceptors (Lipinski definition) is 6. The van der Waals surface area contributed by atoms with Gasteiger partial charge in [0.25, 0.3) is 5.91 Å². The van der Waals surface area contributed by atoms with E-state index in [4.69, 9.17) is 4.98 Å². The number of carbonyl (C=O) groups is 2. The van der Waals surface area contributed by atoms with Crippen LogP contribution in [0.4, 0.5) is 5.95 Å². The first-order valence-corrected chi connectivity index (χ1v) is 13.2. The number of aromatic amines is 1. The molecule has 2 heterocycles. The van der Waals surface area contributed by atoms with Crippen LogP contribution in [0, 0.1) is 6.92 Å². The lowest BCUT2D eigenvalue weighted by Gasteiger charge is -2.21. The zero-order valence-electron chi connectivity index (χ0n) is 22.6. The number of fused-ring (bicyclic) bond motifs is 1. The van der Waals surface area contributed by atoms with Crippen LogP contribution in [0.5, 0.6) is 0 Å². The number of aliphatic carboxylic acids is 1. The number of rotatable bonds is 7. The van der Waals surface area contributed by atoms with Gasteiger partial charge in [-0.3, -0.25) is 14.9 Å². The molecule has 2 aromatic rings. The summed E-state index contributed by atoms with van der Waals surface area (Å²) in [6.07, 6.45) is 18.4. The van der Waals surface area contributed by atoms with Crippen molar-refractivity contribution in [3.8, 4) is 0 Å². The molecule has 202 valence electrons. The Morgan fingerprint density at radius 2 is 1.97 bits per heavy atom. The number of hydrogen-bond donors (Lipinski definition) is 3. The van der Waals surface area contributed by atoms with Gasteiger partial charge in [0.2, 0.25) is 5.95 Å². The Balaban J connectivity index is 0.00000127. The van der Waals surface area contributed by atoms with E-state index in [2.05, 4.69) is 20.0 Å². The lowest BCUT2D eigenvalue weighted by atomic mass is 10.2. The van der Waals surface area contributed by atoms with Gasteiger partial charge in [-0.2, -0.15) is 0 Å². The van der Waals surface area contributed by atoms with Gasteiger partial charge in [0.05, 0.1) is 10.7 Å². The summed E-state index contributed by atoms with van der Waals surface area (Å²) in [5.74, 6) is -0.121. The molecular weight excluding hydrogens is 502 g/mol. The fourth-order valence-corrected chi connectivity index (χ4v) is 5.00. The van der Waals surface area contributed by atoms with Gasteiger partial charge < -0.3 is 19.4 Å². The number of H-pyrrole nitrogens is 1. The molecule has 1 amide bonds. The number of carbonyl (C=O) groups excluding carboxylic acids is 1. The molecule has 0 aromatic carbocycles. The van der Waals surface area contributed by atoms with Gasteiger partial charge >= 0.3 is 5.97 Å². The number of nitrogens with zero attached hydrogens (tertiary/aromatic N) is 3. The summed E-state index contributed by atoms with van der Waals surface area (Å²) < 4.78 is 5.33. The molecule has 0 fully saturated rings. The second-order valence-corrected chi connectivity index (χ2v) is 11.0. The molecule has 0 spiro atoms. The molecule has 9 nitrogen and oxygen atoms in total. The Kier molecular flexibility index (Phi) is 9.71. The van der Waals surface area contributed by atoms with Crippen LogP contribution < -0.4 is 16.0 Å². The van der Waals surface area contributed by atoms with Crippen molar-refractivity contribution in [3.63, 3.8) is 0 Å². The molecule has 1 unspecified atom stereocenters. The topological polar surface area (TPSA) is 122 Å². The molecule has 4 rings (SSSR count). The third kappa shape index (κ3) is 6.81. The average molecular weight is 538 g/mol. The van der Waals surface area contributed by atoms with Crippen LogP contribution in [-0.2, 0) is 16.1 Å². The van der Waals surface area contributed by atoms with Crippen LogP contribution in [0.3, 0.4) is 0 Å². The lowest BCUT2D eigenvalue weighted by molar-refractivity contribution is -0.138. The Morgan fingerprint density at radius 3 is 2.66 bits per heavy atom. The molecular formula is C28H35N5O4S. The highest BCUT2D eigenvalue weighted by Crippen LogP contribution is 2.32. The Morgan fingerprint density at radius 1 is 1.24 bits per heavy atom. The van der Waals surface area contributed by atoms with Gasteiger partial charge in [0.1, 0.15) is 16.3 Å². The van der Waals surface area contributed by atoms with Crippen LogP contribution in [0.2, 0.25) is 0 Å². The van der Waals surface area contributed by atoms with Crippen molar-refractivity contribution in [1.82, 2.24) is 19.5 Å². The van der Waals surface area contributed by atoms with Gasteiger partial charge in [0, 0.05) is 37.3 Å². The minimum atomic E-state index is -0.913. The number of anilines is 1. The Bertz CT molecular complexity index is 1430. The molecule has 1 atom stereocenters. The smallest absolute Gasteiger partial charge is 0.319 e. The zero-order valence-corrected chi connectivity index (χ0v) is 23.4. The van der Waals surface area contributed by atoms with Crippen LogP contribution in [0.15, 0.2) is 42.5 Å². The fourth-order valence-electron chi connectivity index (χ4n) is 3.89. The maximum atomic E-state index is 13.1. The van der Waals surface area contributed by atoms with Crippen LogP contribution in [0.25, 0.3) is 17.7 Å². The highest BCUT2D eigenvalue weighted by atomic mass is 32.2. The molecule has 0 aliphatic heterocycles. The summed E-state index contributed by atoms with van der Waals surface area (Å²) in [6.45, 7) is 7.92. The molecule has 38 heavy (non-hydrogen) atoms. The van der Waals surface area contributed by atoms with Crippen molar-refractivity contribution in [1.29, 1.82) is 0 Å². The third-order valence-electron chi connectivity index (χ3n) is 5.84. The van der Waals surface area contributed by atoms with E-state index < -0.39 is 10.7 Å². The molecule has 0 saturated heterocycles. The van der Waals surface area contributed by atoms with Crippen molar-refractivity contribution in [2.45, 2.75) is 50.7 Å². The predicted octanol–water partition coefficient (Wildman–Crippen LogP) is 3.44. The normalized spacial score (nSPS) is 16.2. The lowest BCUT2D eigenvalue weighted by Crippen LogP contribution is -2.29. The first-order chi connectivity index (χ1) is 18.1. The number of carboxylic acid groups (broad SMARTS) is 1. The van der Waals surface area contributed by atoms with Gasteiger partial charge in [0.15, 0.2) is 0 Å². The SMILES string of the molecule is CCn1c(C2=CC=CC(SC(C)(C)C(=O)O)C=C2)nc(C(=O)Nc2nc3c([nH]2)=CC=CCC=3)c1C.COC. The molecule has 2 aromatic heterocycles. The van der Waals surface area contributed by atoms with Crippen LogP contribution >= 0.6 is 11.8 Å². The van der Waals surface area contributed by atoms with Crippen molar-refractivity contribution < 1.29 is 19.4 Å². The number of aromatic nitrogens is 4. The second-order valence-electron chi connectivity index (χ2n) is 9.16. The van der Waals surface area contributed by atoms with E-state index in [1.807, 2.05) is 73.1 Å². The monoisotopic (exact) mass is 537 g/mol. The number of carboxylic acids is 1. The van der Waals surface area contributed by atoms with E-state index in [1.165, 1.54) is 11.8 Å². The van der Waals surface area contributed by atoms with Crippen LogP contribution in [-0.4, -0.2) is 60.7 Å². The van der Waals surface area contributed by atoms with E-state index in [1.54, 1.807) is 28.1 Å². The van der Waals surface area contributed by atoms with Gasteiger partial charge in [-0.15, -0.1) is 11.8 Å². The maximum absolute atomic E-state index is 13.1. The molecule has 0 radical (unpaired) electrons. The Labute approximate surface area is 226 Å². The number of ether oxygens (including phenoxy) is 1. The van der Waals surface area contributed by atoms with Crippen molar-refractivity contribution in [3.05, 3.63) is 70.4 Å². The van der Waals surface area contributed by atoms with Gasteiger partial charge in [-0.25, -0.2) is 9.97 Å². The predicted molar refractivity (Wildman–Crippen MR) is 153 cm³/mol. The van der Waals surface area contributed by atoms with E-state index in [0.29, 0.717) is 24.0 Å². The number of amides is 1. The number of methoxy groups -OCH3 is 1. The third-order valence-corrected chi connectivity index (χ3v) is 7.19. The zero-order chi connectivity index (χ0) is 27.9. The molecule has 0 bridgehead atoms. The van der Waals surface area contributed by atoms with E-state index in [-0.39, 0.29) is 11.2 Å². The van der Waals surface area contributed by atoms with Crippen LogP contribution in [0.1, 0.15) is 49.2 Å². The maximum Gasteiger partial charge on any atom is 0.319 e. The number of allylic oxidation sites excluding steroid dienone is 6. The minimum absolute atomic E-state index is 0.0959. The first kappa shape index (κ1) is 28.9. The standard InChI is InChI=1S/C26H29N5O3S.C2H6O/c1-5-31-16(2)21(23(32)30-25-27-19-12-7-6-8-13-20(19)28-25)29-22(31)17-10-9-11-18(15-14-17)35-26(3,4)24(33)34;1-3-2/h6-7,9-15,18H,5,8H2,1-4H3,(H,33,34)(H2,27,28,30,32);1-2H3.